The average Bonchev–Trinajstić information content (AvgIpc) is 2.68. The third-order valence-electron chi connectivity index (χ3n) is 4.17. The number of unbranched alkanes of at least 4 members (excludes halogenated alkanes) is 6. The van der Waals surface area contributed by atoms with E-state index < -0.39 is 0 Å². The minimum atomic E-state index is 0.0117. The number of rotatable bonds is 18. The van der Waals surface area contributed by atoms with Crippen LogP contribution in [0.25, 0.3) is 0 Å². The molecule has 3 nitrogen and oxygen atoms in total. The highest BCUT2D eigenvalue weighted by Gasteiger charge is 1.98. The molecule has 0 fully saturated rings. The van der Waals surface area contributed by atoms with Crippen LogP contribution in [-0.4, -0.2) is 24.2 Å². The minimum Gasteiger partial charge on any atom is -0.395 e. The molecule has 0 radical (unpaired) electrons. The monoisotopic (exact) mass is 375 g/mol. The van der Waals surface area contributed by atoms with Crippen LogP contribution in [-0.2, 0) is 4.79 Å². The third-order valence-corrected chi connectivity index (χ3v) is 4.17. The van der Waals surface area contributed by atoms with Gasteiger partial charge in [-0.05, 0) is 51.4 Å². The molecule has 0 atom stereocenters. The molecule has 0 saturated heterocycles. The summed E-state index contributed by atoms with van der Waals surface area (Å²) in [4.78, 5) is 11.3. The third kappa shape index (κ3) is 22.3. The van der Waals surface area contributed by atoms with E-state index in [0.29, 0.717) is 13.0 Å². The van der Waals surface area contributed by atoms with Crippen LogP contribution in [0.5, 0.6) is 0 Å². The summed E-state index contributed by atoms with van der Waals surface area (Å²) in [5.41, 5.74) is 0. The normalized spacial score (nSPS) is 12.2. The highest BCUT2D eigenvalue weighted by Crippen LogP contribution is 2.04. The second-order valence-corrected chi connectivity index (χ2v) is 6.76. The maximum Gasteiger partial charge on any atom is 0.220 e. The maximum absolute atomic E-state index is 11.3. The fraction of sp³-hybridized carbons (Fsp3) is 0.625. The average molecular weight is 376 g/mol. The van der Waals surface area contributed by atoms with Gasteiger partial charge >= 0.3 is 0 Å². The summed E-state index contributed by atoms with van der Waals surface area (Å²) in [7, 11) is 0. The molecule has 0 bridgehead atoms. The Kier molecular flexibility index (Phi) is 21.1. The Bertz CT molecular complexity index is 436. The summed E-state index contributed by atoms with van der Waals surface area (Å²) in [6.45, 7) is 2.61. The Balaban J connectivity index is 3.40. The Morgan fingerprint density at radius 3 is 1.78 bits per heavy atom. The van der Waals surface area contributed by atoms with E-state index in [1.807, 2.05) is 0 Å². The van der Waals surface area contributed by atoms with Crippen LogP contribution in [0.1, 0.15) is 84.0 Å². The molecule has 0 unspecified atom stereocenters. The molecule has 0 aromatic rings. The SMILES string of the molecule is CCCCC/C=C/C/C=C/C/C=C/C/C=C\CCCCCC(=O)NCCO. The van der Waals surface area contributed by atoms with Gasteiger partial charge in [0, 0.05) is 13.0 Å². The molecule has 0 aliphatic carbocycles. The molecule has 0 aromatic heterocycles. The topological polar surface area (TPSA) is 49.3 Å². The first kappa shape index (κ1) is 25.4. The van der Waals surface area contributed by atoms with E-state index >= 15 is 0 Å². The quantitative estimate of drug-likeness (QED) is 0.227. The molecule has 0 aromatic carbocycles. The first-order valence-electron chi connectivity index (χ1n) is 10.8. The highest BCUT2D eigenvalue weighted by molar-refractivity contribution is 5.75. The van der Waals surface area contributed by atoms with E-state index in [-0.39, 0.29) is 12.5 Å². The lowest BCUT2D eigenvalue weighted by molar-refractivity contribution is -0.121. The number of nitrogens with one attached hydrogen (secondary N) is 1. The van der Waals surface area contributed by atoms with Gasteiger partial charge in [0.05, 0.1) is 6.61 Å². The van der Waals surface area contributed by atoms with Gasteiger partial charge in [-0.3, -0.25) is 4.79 Å². The predicted molar refractivity (Wildman–Crippen MR) is 118 cm³/mol. The van der Waals surface area contributed by atoms with Crippen LogP contribution >= 0.6 is 0 Å². The number of carbonyl (C=O) groups excluding carboxylic acids is 1. The Morgan fingerprint density at radius 2 is 1.26 bits per heavy atom. The molecule has 3 heteroatoms. The van der Waals surface area contributed by atoms with Crippen molar-refractivity contribution in [3.05, 3.63) is 48.6 Å². The number of hydrogen-bond donors (Lipinski definition) is 2. The first-order chi connectivity index (χ1) is 13.3. The molecule has 0 spiro atoms. The Morgan fingerprint density at radius 1 is 0.741 bits per heavy atom. The first-order valence-corrected chi connectivity index (χ1v) is 10.8. The maximum atomic E-state index is 11.3. The Hall–Kier alpha value is -1.61. The van der Waals surface area contributed by atoms with Crippen molar-refractivity contribution in [3.63, 3.8) is 0 Å². The zero-order chi connectivity index (χ0) is 19.8. The standard InChI is InChI=1S/C24H41NO2/c1-2-3-4-5-6-7-8-9-10-11-12-13-14-15-16-17-18-19-20-21-24(27)25-22-23-26/h6-7,9-10,12-13,15-16,26H,2-5,8,11,14,17-23H2,1H3,(H,25,27)/b7-6+,10-9+,13-12+,16-15-. The highest BCUT2D eigenvalue weighted by atomic mass is 16.3. The molecule has 1 amide bonds. The lowest BCUT2D eigenvalue weighted by Crippen LogP contribution is -2.25. The van der Waals surface area contributed by atoms with Crippen molar-refractivity contribution in [2.24, 2.45) is 0 Å². The van der Waals surface area contributed by atoms with Crippen molar-refractivity contribution >= 4 is 5.91 Å². The minimum absolute atomic E-state index is 0.0117. The van der Waals surface area contributed by atoms with Crippen molar-refractivity contribution in [1.82, 2.24) is 5.32 Å². The van der Waals surface area contributed by atoms with E-state index in [0.717, 1.165) is 44.9 Å². The summed E-state index contributed by atoms with van der Waals surface area (Å²) in [5.74, 6) is 0.0433. The fourth-order valence-corrected chi connectivity index (χ4v) is 2.57. The second-order valence-electron chi connectivity index (χ2n) is 6.76. The van der Waals surface area contributed by atoms with Crippen molar-refractivity contribution in [3.8, 4) is 0 Å². The molecule has 0 heterocycles. The second kappa shape index (κ2) is 22.4. The fourth-order valence-electron chi connectivity index (χ4n) is 2.57. The largest absolute Gasteiger partial charge is 0.395 e. The molecule has 0 aliphatic rings. The number of amides is 1. The molecular formula is C24H41NO2. The van der Waals surface area contributed by atoms with Crippen LogP contribution in [0.2, 0.25) is 0 Å². The molecule has 154 valence electrons. The van der Waals surface area contributed by atoms with Crippen molar-refractivity contribution < 1.29 is 9.90 Å². The molecule has 27 heavy (non-hydrogen) atoms. The van der Waals surface area contributed by atoms with Crippen molar-refractivity contribution in [1.29, 1.82) is 0 Å². The van der Waals surface area contributed by atoms with Gasteiger partial charge in [-0.1, -0.05) is 74.8 Å². The van der Waals surface area contributed by atoms with Gasteiger partial charge < -0.3 is 10.4 Å². The van der Waals surface area contributed by atoms with Crippen LogP contribution < -0.4 is 5.32 Å². The van der Waals surface area contributed by atoms with E-state index in [9.17, 15) is 4.79 Å². The van der Waals surface area contributed by atoms with Gasteiger partial charge in [0.15, 0.2) is 0 Å². The predicted octanol–water partition coefficient (Wildman–Crippen LogP) is 6.02. The number of aliphatic hydroxyl groups is 1. The smallest absolute Gasteiger partial charge is 0.220 e. The zero-order valence-corrected chi connectivity index (χ0v) is 17.4. The Labute approximate surface area is 167 Å². The van der Waals surface area contributed by atoms with Gasteiger partial charge in [0.1, 0.15) is 0 Å². The van der Waals surface area contributed by atoms with Gasteiger partial charge in [-0.25, -0.2) is 0 Å². The summed E-state index contributed by atoms with van der Waals surface area (Å²) in [6.07, 6.45) is 30.9. The van der Waals surface area contributed by atoms with E-state index in [4.69, 9.17) is 5.11 Å². The van der Waals surface area contributed by atoms with Crippen LogP contribution in [0.3, 0.4) is 0 Å². The molecule has 0 rings (SSSR count). The molecule has 2 N–H and O–H groups in total. The van der Waals surface area contributed by atoms with Crippen molar-refractivity contribution in [2.45, 2.75) is 84.0 Å². The molecule has 0 aliphatic heterocycles. The van der Waals surface area contributed by atoms with E-state index in [1.165, 1.54) is 25.7 Å². The van der Waals surface area contributed by atoms with E-state index in [2.05, 4.69) is 60.8 Å². The van der Waals surface area contributed by atoms with E-state index in [1.54, 1.807) is 0 Å². The zero-order valence-electron chi connectivity index (χ0n) is 17.4. The lowest BCUT2D eigenvalue weighted by atomic mass is 10.1. The lowest BCUT2D eigenvalue weighted by Gasteiger charge is -2.02. The number of hydrogen-bond acceptors (Lipinski definition) is 2. The van der Waals surface area contributed by atoms with Gasteiger partial charge in [-0.15, -0.1) is 0 Å². The van der Waals surface area contributed by atoms with Gasteiger partial charge in [-0.2, -0.15) is 0 Å². The van der Waals surface area contributed by atoms with Crippen LogP contribution in [0, 0.1) is 0 Å². The summed E-state index contributed by atoms with van der Waals surface area (Å²) < 4.78 is 0. The van der Waals surface area contributed by atoms with Crippen LogP contribution in [0.4, 0.5) is 0 Å². The van der Waals surface area contributed by atoms with Crippen molar-refractivity contribution in [2.75, 3.05) is 13.2 Å². The van der Waals surface area contributed by atoms with Crippen LogP contribution in [0.15, 0.2) is 48.6 Å². The molecule has 0 saturated carbocycles. The summed E-state index contributed by atoms with van der Waals surface area (Å²) >= 11 is 0. The number of carbonyl (C=O) groups is 1. The van der Waals surface area contributed by atoms with Gasteiger partial charge in [0.25, 0.3) is 0 Å². The van der Waals surface area contributed by atoms with Gasteiger partial charge in [0.2, 0.25) is 5.91 Å². The summed E-state index contributed by atoms with van der Waals surface area (Å²) in [6, 6.07) is 0. The summed E-state index contributed by atoms with van der Waals surface area (Å²) in [5, 5.41) is 11.3. The number of aliphatic hydroxyl groups excluding tert-OH is 1. The number of allylic oxidation sites excluding steroid dienone is 8. The molecular weight excluding hydrogens is 334 g/mol.